The van der Waals surface area contributed by atoms with E-state index >= 15 is 0 Å². The summed E-state index contributed by atoms with van der Waals surface area (Å²) in [5, 5.41) is 13.4. The van der Waals surface area contributed by atoms with Gasteiger partial charge in [0, 0.05) is 0 Å². The lowest BCUT2D eigenvalue weighted by Gasteiger charge is -2.35. The average molecular weight is 177 g/mol. The van der Waals surface area contributed by atoms with Crippen LogP contribution in [0.2, 0.25) is 0 Å². The van der Waals surface area contributed by atoms with E-state index in [1.54, 1.807) is 11.3 Å². The smallest absolute Gasteiger partial charge is 0.0833 e. The minimum absolute atomic E-state index is 0.107. The summed E-state index contributed by atoms with van der Waals surface area (Å²) in [6.45, 7) is 2.10. The van der Waals surface area contributed by atoms with Crippen LogP contribution in [0, 0.1) is 18.3 Å². The first-order valence-corrected chi connectivity index (χ1v) is 5.17. The van der Waals surface area contributed by atoms with Gasteiger partial charge in [0.2, 0.25) is 0 Å². The topological polar surface area (TPSA) is 23.8 Å². The molecule has 1 aliphatic rings. The van der Waals surface area contributed by atoms with Gasteiger partial charge in [0.05, 0.1) is 11.5 Å². The molecule has 1 fully saturated rings. The maximum atomic E-state index is 9.09. The van der Waals surface area contributed by atoms with Gasteiger partial charge in [-0.25, -0.2) is 0 Å². The second-order valence-corrected chi connectivity index (χ2v) is 4.26. The molecule has 0 spiro atoms. The van der Waals surface area contributed by atoms with Crippen LogP contribution in [0.4, 0.5) is 0 Å². The third kappa shape index (κ3) is 0.899. The highest BCUT2D eigenvalue weighted by atomic mass is 32.1. The molecule has 1 saturated carbocycles. The van der Waals surface area contributed by atoms with Crippen LogP contribution in [-0.2, 0) is 5.41 Å². The van der Waals surface area contributed by atoms with Crippen molar-refractivity contribution in [3.05, 3.63) is 21.9 Å². The summed E-state index contributed by atoms with van der Waals surface area (Å²) in [6.07, 6.45) is 3.32. The first-order valence-electron chi connectivity index (χ1n) is 4.23. The summed E-state index contributed by atoms with van der Waals surface area (Å²) in [5.41, 5.74) is 2.46. The first-order chi connectivity index (χ1) is 5.78. The Labute approximate surface area is 76.6 Å². The van der Waals surface area contributed by atoms with Crippen molar-refractivity contribution in [3.63, 3.8) is 0 Å². The van der Waals surface area contributed by atoms with Crippen LogP contribution in [0.3, 0.4) is 0 Å². The van der Waals surface area contributed by atoms with Crippen LogP contribution in [0.1, 0.15) is 30.4 Å². The lowest BCUT2D eigenvalue weighted by atomic mass is 9.65. The largest absolute Gasteiger partial charge is 0.197 e. The predicted molar refractivity (Wildman–Crippen MR) is 50.2 cm³/mol. The van der Waals surface area contributed by atoms with Crippen LogP contribution in [0.25, 0.3) is 0 Å². The molecule has 0 N–H and O–H groups in total. The van der Waals surface area contributed by atoms with Crippen LogP contribution >= 0.6 is 11.3 Å². The van der Waals surface area contributed by atoms with E-state index in [0.717, 1.165) is 12.8 Å². The van der Waals surface area contributed by atoms with Gasteiger partial charge >= 0.3 is 0 Å². The van der Waals surface area contributed by atoms with Gasteiger partial charge in [-0.1, -0.05) is 0 Å². The standard InChI is InChI=1S/C10H11NS/c1-8-5-12-6-9(8)10(7-11)3-2-4-10/h5-6H,2-4H2,1H3. The number of nitrogens with zero attached hydrogens (tertiary/aromatic N) is 1. The fraction of sp³-hybridized carbons (Fsp3) is 0.500. The van der Waals surface area contributed by atoms with E-state index in [9.17, 15) is 0 Å². The normalized spacial score (nSPS) is 19.7. The number of rotatable bonds is 1. The first kappa shape index (κ1) is 7.82. The highest BCUT2D eigenvalue weighted by Crippen LogP contribution is 2.45. The molecule has 0 radical (unpaired) electrons. The predicted octanol–water partition coefficient (Wildman–Crippen LogP) is 3.00. The van der Waals surface area contributed by atoms with E-state index in [4.69, 9.17) is 5.26 Å². The number of hydrogen-bond acceptors (Lipinski definition) is 2. The van der Waals surface area contributed by atoms with E-state index in [2.05, 4.69) is 23.8 Å². The van der Waals surface area contributed by atoms with Crippen molar-refractivity contribution in [2.75, 3.05) is 0 Å². The molecule has 0 atom stereocenters. The van der Waals surface area contributed by atoms with E-state index in [1.807, 2.05) is 0 Å². The second-order valence-electron chi connectivity index (χ2n) is 3.52. The van der Waals surface area contributed by atoms with E-state index in [-0.39, 0.29) is 5.41 Å². The number of nitriles is 1. The van der Waals surface area contributed by atoms with Gasteiger partial charge in [0.15, 0.2) is 0 Å². The van der Waals surface area contributed by atoms with Gasteiger partial charge < -0.3 is 0 Å². The van der Waals surface area contributed by atoms with E-state index < -0.39 is 0 Å². The molecule has 2 heteroatoms. The number of hydrogen-bond donors (Lipinski definition) is 0. The Morgan fingerprint density at radius 2 is 2.25 bits per heavy atom. The highest BCUT2D eigenvalue weighted by molar-refractivity contribution is 7.08. The molecule has 0 amide bonds. The summed E-state index contributed by atoms with van der Waals surface area (Å²) in [6, 6.07) is 2.46. The summed E-state index contributed by atoms with van der Waals surface area (Å²) >= 11 is 1.71. The van der Waals surface area contributed by atoms with Gasteiger partial charge in [-0.05, 0) is 48.1 Å². The molecule has 1 aromatic heterocycles. The molecule has 62 valence electrons. The maximum absolute atomic E-state index is 9.09. The summed E-state index contributed by atoms with van der Waals surface area (Å²) in [4.78, 5) is 0. The quantitative estimate of drug-likeness (QED) is 0.647. The van der Waals surface area contributed by atoms with Crippen molar-refractivity contribution < 1.29 is 0 Å². The lowest BCUT2D eigenvalue weighted by molar-refractivity contribution is 0.323. The third-order valence-electron chi connectivity index (χ3n) is 2.79. The average Bonchev–Trinajstić information content (AvgIpc) is 2.36. The van der Waals surface area contributed by atoms with Crippen LogP contribution < -0.4 is 0 Å². The van der Waals surface area contributed by atoms with Crippen molar-refractivity contribution in [3.8, 4) is 6.07 Å². The fourth-order valence-electron chi connectivity index (χ4n) is 1.82. The molecule has 0 bridgehead atoms. The van der Waals surface area contributed by atoms with Gasteiger partial charge in [-0.2, -0.15) is 16.6 Å². The molecule has 0 aromatic carbocycles. The summed E-state index contributed by atoms with van der Waals surface area (Å²) in [7, 11) is 0. The van der Waals surface area contributed by atoms with Crippen LogP contribution in [0.15, 0.2) is 10.8 Å². The van der Waals surface area contributed by atoms with Crippen molar-refractivity contribution in [1.29, 1.82) is 5.26 Å². The Balaban J connectivity index is 2.42. The van der Waals surface area contributed by atoms with Crippen molar-refractivity contribution >= 4 is 11.3 Å². The van der Waals surface area contributed by atoms with Gasteiger partial charge in [-0.15, -0.1) is 0 Å². The van der Waals surface area contributed by atoms with Crippen molar-refractivity contribution in [1.82, 2.24) is 0 Å². The maximum Gasteiger partial charge on any atom is 0.0833 e. The minimum atomic E-state index is -0.107. The molecule has 12 heavy (non-hydrogen) atoms. The molecule has 1 nitrogen and oxygen atoms in total. The number of aryl methyl sites for hydroxylation is 1. The zero-order valence-electron chi connectivity index (χ0n) is 7.13. The van der Waals surface area contributed by atoms with E-state index in [1.165, 1.54) is 17.5 Å². The summed E-state index contributed by atoms with van der Waals surface area (Å²) in [5.74, 6) is 0. The molecule has 0 unspecified atom stereocenters. The molecule has 1 aliphatic carbocycles. The third-order valence-corrected chi connectivity index (χ3v) is 3.65. The Bertz CT molecular complexity index is 328. The lowest BCUT2D eigenvalue weighted by Crippen LogP contribution is -2.32. The van der Waals surface area contributed by atoms with Crippen molar-refractivity contribution in [2.24, 2.45) is 0 Å². The molecular weight excluding hydrogens is 166 g/mol. The van der Waals surface area contributed by atoms with Gasteiger partial charge in [0.25, 0.3) is 0 Å². The Hall–Kier alpha value is -0.810. The second kappa shape index (κ2) is 2.60. The molecular formula is C10H11NS. The fourth-order valence-corrected chi connectivity index (χ4v) is 2.77. The zero-order chi connectivity index (χ0) is 8.60. The van der Waals surface area contributed by atoms with E-state index in [0.29, 0.717) is 0 Å². The van der Waals surface area contributed by atoms with Gasteiger partial charge in [-0.3, -0.25) is 0 Å². The SMILES string of the molecule is Cc1cscc1C1(C#N)CCC1. The van der Waals surface area contributed by atoms with Crippen molar-refractivity contribution in [2.45, 2.75) is 31.6 Å². The monoisotopic (exact) mass is 177 g/mol. The Morgan fingerprint density at radius 3 is 2.58 bits per heavy atom. The molecule has 0 saturated heterocycles. The minimum Gasteiger partial charge on any atom is -0.197 e. The van der Waals surface area contributed by atoms with Crippen LogP contribution in [0.5, 0.6) is 0 Å². The molecule has 1 heterocycles. The molecule has 0 aliphatic heterocycles. The molecule has 2 rings (SSSR count). The van der Waals surface area contributed by atoms with Crippen LogP contribution in [-0.4, -0.2) is 0 Å². The zero-order valence-corrected chi connectivity index (χ0v) is 7.95. The summed E-state index contributed by atoms with van der Waals surface area (Å²) < 4.78 is 0. The van der Waals surface area contributed by atoms with Gasteiger partial charge in [0.1, 0.15) is 0 Å². The molecule has 1 aromatic rings. The highest BCUT2D eigenvalue weighted by Gasteiger charge is 2.40. The Morgan fingerprint density at radius 1 is 1.50 bits per heavy atom. The number of thiophene rings is 1. The Kier molecular flexibility index (Phi) is 1.69.